The molecule has 33 heavy (non-hydrogen) atoms. The van der Waals surface area contributed by atoms with Gasteiger partial charge in [-0.2, -0.15) is 0 Å². The lowest BCUT2D eigenvalue weighted by Gasteiger charge is -2.13. The van der Waals surface area contributed by atoms with E-state index in [4.69, 9.17) is 9.15 Å². The molecule has 10 heteroatoms. The lowest BCUT2D eigenvalue weighted by atomic mass is 10.2. The smallest absolute Gasteiger partial charge is 0.349 e. The topological polar surface area (TPSA) is 109 Å². The summed E-state index contributed by atoms with van der Waals surface area (Å²) in [6.07, 6.45) is 2.94. The first-order valence-corrected chi connectivity index (χ1v) is 10.9. The number of ether oxygens (including phenoxy) is 1. The number of benzene rings is 1. The van der Waals surface area contributed by atoms with E-state index in [2.05, 4.69) is 9.97 Å². The SMILES string of the molecule is Cc1c(C(=O)OCc2nc3ccccc3c(=O)n2Cc2ccco2)sc2ncn(C)c(=O)c12. The summed E-state index contributed by atoms with van der Waals surface area (Å²) in [7, 11) is 1.60. The maximum Gasteiger partial charge on any atom is 0.349 e. The van der Waals surface area contributed by atoms with Crippen LogP contribution in [0.15, 0.2) is 63.0 Å². The Kier molecular flexibility index (Phi) is 5.14. The summed E-state index contributed by atoms with van der Waals surface area (Å²) in [4.78, 5) is 48.0. The van der Waals surface area contributed by atoms with Gasteiger partial charge in [0, 0.05) is 7.05 Å². The fraction of sp³-hybridized carbons (Fsp3) is 0.174. The van der Waals surface area contributed by atoms with Gasteiger partial charge in [0.2, 0.25) is 0 Å². The third-order valence-electron chi connectivity index (χ3n) is 5.36. The van der Waals surface area contributed by atoms with Gasteiger partial charge in [0.25, 0.3) is 11.1 Å². The molecule has 0 spiro atoms. The van der Waals surface area contributed by atoms with Crippen LogP contribution in [0.5, 0.6) is 0 Å². The number of carbonyl (C=O) groups is 1. The highest BCUT2D eigenvalue weighted by atomic mass is 32.1. The average Bonchev–Trinajstić information content (AvgIpc) is 3.45. The van der Waals surface area contributed by atoms with Gasteiger partial charge in [0.1, 0.15) is 22.1 Å². The Morgan fingerprint density at radius 2 is 1.97 bits per heavy atom. The second-order valence-corrected chi connectivity index (χ2v) is 8.49. The standard InChI is InChI=1S/C23H18N4O5S/c1-13-18-20(24-12-26(2)22(18)29)33-19(13)23(30)32-11-17-25-16-8-4-3-7-15(16)21(28)27(17)10-14-6-5-9-31-14/h3-9,12H,10-11H2,1-2H3. The van der Waals surface area contributed by atoms with Gasteiger partial charge in [-0.15, -0.1) is 11.3 Å². The van der Waals surface area contributed by atoms with Gasteiger partial charge >= 0.3 is 5.97 Å². The molecule has 4 heterocycles. The molecule has 5 aromatic rings. The molecule has 1 aromatic carbocycles. The number of hydrogen-bond donors (Lipinski definition) is 0. The fourth-order valence-corrected chi connectivity index (χ4v) is 4.68. The lowest BCUT2D eigenvalue weighted by molar-refractivity contribution is 0.0462. The van der Waals surface area contributed by atoms with Gasteiger partial charge < -0.3 is 13.7 Å². The number of aryl methyl sites for hydroxylation is 2. The number of thiophene rings is 1. The van der Waals surface area contributed by atoms with Crippen LogP contribution in [-0.2, 0) is 24.9 Å². The molecule has 0 aliphatic heterocycles. The summed E-state index contributed by atoms with van der Waals surface area (Å²) in [6.45, 7) is 1.62. The third-order valence-corrected chi connectivity index (χ3v) is 6.54. The van der Waals surface area contributed by atoms with Crippen molar-refractivity contribution in [3.05, 3.63) is 91.7 Å². The van der Waals surface area contributed by atoms with Crippen LogP contribution in [0.25, 0.3) is 21.1 Å². The molecule has 0 aliphatic rings. The Hall–Kier alpha value is -4.05. The second-order valence-electron chi connectivity index (χ2n) is 7.49. The zero-order valence-electron chi connectivity index (χ0n) is 17.8. The predicted octanol–water partition coefficient (Wildman–Crippen LogP) is 3.01. The molecule has 0 unspecified atom stereocenters. The number of carbonyl (C=O) groups excluding carboxylic acids is 1. The van der Waals surface area contributed by atoms with Crippen molar-refractivity contribution in [3.63, 3.8) is 0 Å². The van der Waals surface area contributed by atoms with Crippen molar-refractivity contribution < 1.29 is 13.9 Å². The Balaban J connectivity index is 1.50. The van der Waals surface area contributed by atoms with Crippen molar-refractivity contribution in [2.75, 3.05) is 0 Å². The van der Waals surface area contributed by atoms with E-state index in [9.17, 15) is 14.4 Å². The first-order valence-electron chi connectivity index (χ1n) is 10.1. The van der Waals surface area contributed by atoms with E-state index in [1.807, 2.05) is 0 Å². The van der Waals surface area contributed by atoms with Gasteiger partial charge in [0.15, 0.2) is 5.82 Å². The Morgan fingerprint density at radius 3 is 2.76 bits per heavy atom. The van der Waals surface area contributed by atoms with E-state index >= 15 is 0 Å². The van der Waals surface area contributed by atoms with Crippen molar-refractivity contribution in [3.8, 4) is 0 Å². The second kappa shape index (κ2) is 8.14. The van der Waals surface area contributed by atoms with E-state index < -0.39 is 5.97 Å². The number of hydrogen-bond acceptors (Lipinski definition) is 8. The molecule has 0 fully saturated rings. The summed E-state index contributed by atoms with van der Waals surface area (Å²) in [5.41, 5.74) is 0.549. The minimum Gasteiger partial charge on any atom is -0.467 e. The van der Waals surface area contributed by atoms with E-state index in [1.165, 1.54) is 21.7 Å². The summed E-state index contributed by atoms with van der Waals surface area (Å²) in [6, 6.07) is 10.5. The maximum atomic E-state index is 13.1. The highest BCUT2D eigenvalue weighted by Gasteiger charge is 2.21. The molecule has 0 bridgehead atoms. The van der Waals surface area contributed by atoms with Crippen molar-refractivity contribution in [1.82, 2.24) is 19.1 Å². The van der Waals surface area contributed by atoms with Gasteiger partial charge in [-0.3, -0.25) is 14.2 Å². The van der Waals surface area contributed by atoms with Crippen LogP contribution in [0.1, 0.15) is 26.8 Å². The van der Waals surface area contributed by atoms with E-state index in [1.54, 1.807) is 50.4 Å². The molecule has 0 N–H and O–H groups in total. The molecular formula is C23H18N4O5S. The van der Waals surface area contributed by atoms with Crippen molar-refractivity contribution >= 4 is 38.4 Å². The lowest BCUT2D eigenvalue weighted by Crippen LogP contribution is -2.26. The Morgan fingerprint density at radius 1 is 1.15 bits per heavy atom. The maximum absolute atomic E-state index is 13.1. The van der Waals surface area contributed by atoms with Crippen LogP contribution in [-0.4, -0.2) is 25.1 Å². The number of aromatic nitrogens is 4. The van der Waals surface area contributed by atoms with Gasteiger partial charge in [0.05, 0.1) is 35.4 Å². The van der Waals surface area contributed by atoms with Crippen LogP contribution in [0.2, 0.25) is 0 Å². The van der Waals surface area contributed by atoms with Gasteiger partial charge in [-0.25, -0.2) is 14.8 Å². The average molecular weight is 462 g/mol. The largest absolute Gasteiger partial charge is 0.467 e. The first-order chi connectivity index (χ1) is 15.9. The minimum absolute atomic E-state index is 0.151. The quantitative estimate of drug-likeness (QED) is 0.369. The summed E-state index contributed by atoms with van der Waals surface area (Å²) in [5, 5.41) is 0.858. The summed E-state index contributed by atoms with van der Waals surface area (Å²) in [5.74, 6) is 0.254. The van der Waals surface area contributed by atoms with Gasteiger partial charge in [-0.05, 0) is 36.8 Å². The number of fused-ring (bicyclic) bond motifs is 2. The van der Waals surface area contributed by atoms with E-state index in [-0.39, 0.29) is 30.1 Å². The van der Waals surface area contributed by atoms with E-state index in [0.717, 1.165) is 11.3 Å². The normalized spacial score (nSPS) is 11.3. The van der Waals surface area contributed by atoms with Crippen LogP contribution < -0.4 is 11.1 Å². The van der Waals surface area contributed by atoms with Crippen LogP contribution in [0, 0.1) is 6.92 Å². The first kappa shape index (κ1) is 20.8. The van der Waals surface area contributed by atoms with Gasteiger partial charge in [-0.1, -0.05) is 12.1 Å². The Bertz CT molecular complexity index is 1630. The number of esters is 1. The molecule has 0 saturated heterocycles. The third kappa shape index (κ3) is 3.64. The zero-order valence-corrected chi connectivity index (χ0v) is 18.6. The molecular weight excluding hydrogens is 444 g/mol. The molecule has 4 aromatic heterocycles. The number of furan rings is 1. The predicted molar refractivity (Wildman–Crippen MR) is 123 cm³/mol. The van der Waals surface area contributed by atoms with Crippen molar-refractivity contribution in [1.29, 1.82) is 0 Å². The van der Waals surface area contributed by atoms with Crippen LogP contribution >= 0.6 is 11.3 Å². The summed E-state index contributed by atoms with van der Waals surface area (Å²) < 4.78 is 13.7. The highest BCUT2D eigenvalue weighted by molar-refractivity contribution is 7.20. The van der Waals surface area contributed by atoms with Crippen LogP contribution in [0.3, 0.4) is 0 Å². The highest BCUT2D eigenvalue weighted by Crippen LogP contribution is 2.27. The van der Waals surface area contributed by atoms with Crippen LogP contribution in [0.4, 0.5) is 0 Å². The fourth-order valence-electron chi connectivity index (χ4n) is 3.64. The molecule has 0 radical (unpaired) electrons. The number of nitrogens with zero attached hydrogens (tertiary/aromatic N) is 4. The molecule has 0 aliphatic carbocycles. The zero-order chi connectivity index (χ0) is 23.1. The molecule has 0 amide bonds. The minimum atomic E-state index is -0.607. The monoisotopic (exact) mass is 462 g/mol. The summed E-state index contributed by atoms with van der Waals surface area (Å²) >= 11 is 1.10. The van der Waals surface area contributed by atoms with Crippen molar-refractivity contribution in [2.45, 2.75) is 20.1 Å². The molecule has 0 saturated carbocycles. The molecule has 0 atom stereocenters. The number of rotatable bonds is 5. The number of para-hydroxylation sites is 1. The molecule has 9 nitrogen and oxygen atoms in total. The molecule has 5 rings (SSSR count). The van der Waals surface area contributed by atoms with E-state index in [0.29, 0.717) is 37.3 Å². The molecule has 166 valence electrons. The Labute approximate surface area is 190 Å². The van der Waals surface area contributed by atoms with Crippen molar-refractivity contribution in [2.24, 2.45) is 7.05 Å².